The lowest BCUT2D eigenvalue weighted by molar-refractivity contribution is -0.919. The van der Waals surface area contributed by atoms with Crippen LogP contribution in [0.15, 0.2) is 0 Å². The zero-order chi connectivity index (χ0) is 16.8. The van der Waals surface area contributed by atoms with Crippen LogP contribution in [-0.4, -0.2) is 57.7 Å². The maximum atomic E-state index is 11.1. The molecule has 130 valence electrons. The van der Waals surface area contributed by atoms with Gasteiger partial charge in [0.2, 0.25) is 0 Å². The molecule has 22 heavy (non-hydrogen) atoms. The van der Waals surface area contributed by atoms with Gasteiger partial charge in [-0.1, -0.05) is 13.8 Å². The summed E-state index contributed by atoms with van der Waals surface area (Å²) in [6.07, 6.45) is 3.49. The van der Waals surface area contributed by atoms with Crippen molar-refractivity contribution in [1.82, 2.24) is 0 Å². The summed E-state index contributed by atoms with van der Waals surface area (Å²) in [6.45, 7) is 7.99. The van der Waals surface area contributed by atoms with Gasteiger partial charge in [0, 0.05) is 24.7 Å². The Morgan fingerprint density at radius 2 is 1.59 bits per heavy atom. The highest BCUT2D eigenvalue weighted by Crippen LogP contribution is 2.38. The zero-order valence-electron chi connectivity index (χ0n) is 13.8. The molecule has 0 aromatic carbocycles. The third kappa shape index (κ3) is 6.37. The minimum absolute atomic E-state index is 0.0699. The highest BCUT2D eigenvalue weighted by Gasteiger charge is 2.43. The molecular weight excluding hydrogens is 305 g/mol. The van der Waals surface area contributed by atoms with Gasteiger partial charge in [-0.3, -0.25) is 9.36 Å². The van der Waals surface area contributed by atoms with Gasteiger partial charge in [-0.05, 0) is 12.8 Å². The highest BCUT2D eigenvalue weighted by molar-refractivity contribution is 7.51. The fourth-order valence-electron chi connectivity index (χ4n) is 3.95. The Morgan fingerprint density at radius 3 is 2.00 bits per heavy atom. The zero-order valence-corrected chi connectivity index (χ0v) is 14.7. The quantitative estimate of drug-likeness (QED) is 0.420. The van der Waals surface area contributed by atoms with Crippen molar-refractivity contribution < 1.29 is 28.7 Å². The van der Waals surface area contributed by atoms with E-state index < -0.39 is 13.6 Å². The Morgan fingerprint density at radius 1 is 1.09 bits per heavy atom. The Kier molecular flexibility index (Phi) is 7.53. The van der Waals surface area contributed by atoms with Gasteiger partial charge >= 0.3 is 13.6 Å². The molecule has 1 aliphatic heterocycles. The third-order valence-electron chi connectivity index (χ3n) is 5.06. The van der Waals surface area contributed by atoms with E-state index in [4.69, 9.17) is 14.9 Å². The summed E-state index contributed by atoms with van der Waals surface area (Å²) in [5.41, 5.74) is 0. The number of aliphatic carboxylic acids is 1. The van der Waals surface area contributed by atoms with E-state index in [1.165, 1.54) is 0 Å². The van der Waals surface area contributed by atoms with Crippen LogP contribution in [0.5, 0.6) is 0 Å². The third-order valence-corrected chi connectivity index (χ3v) is 5.96. The van der Waals surface area contributed by atoms with E-state index in [1.54, 1.807) is 0 Å². The van der Waals surface area contributed by atoms with E-state index in [-0.39, 0.29) is 12.6 Å². The van der Waals surface area contributed by atoms with Crippen molar-refractivity contribution in [1.29, 1.82) is 0 Å². The van der Waals surface area contributed by atoms with Crippen LogP contribution in [0.3, 0.4) is 0 Å². The highest BCUT2D eigenvalue weighted by atomic mass is 31.2. The minimum atomic E-state index is -3.94. The molecule has 0 amide bonds. The smallest absolute Gasteiger partial charge is 0.325 e. The van der Waals surface area contributed by atoms with Crippen molar-refractivity contribution in [3.63, 3.8) is 0 Å². The Balaban J connectivity index is 2.68. The van der Waals surface area contributed by atoms with Crippen LogP contribution in [0.1, 0.15) is 46.0 Å². The number of carboxylic acids is 1. The molecule has 1 heterocycles. The minimum Gasteiger partial charge on any atom is -0.481 e. The molecule has 1 aliphatic rings. The average Bonchev–Trinajstić information content (AvgIpc) is 2.75. The van der Waals surface area contributed by atoms with Gasteiger partial charge in [0.1, 0.15) is 0 Å². The van der Waals surface area contributed by atoms with Gasteiger partial charge in [-0.15, -0.1) is 0 Å². The van der Waals surface area contributed by atoms with Crippen molar-refractivity contribution in [2.24, 2.45) is 11.8 Å². The maximum Gasteiger partial charge on any atom is 0.325 e. The molecule has 0 saturated carbocycles. The van der Waals surface area contributed by atoms with E-state index in [9.17, 15) is 9.36 Å². The van der Waals surface area contributed by atoms with Gasteiger partial charge in [-0.2, -0.15) is 0 Å². The molecule has 1 rings (SSSR count). The number of rotatable bonds is 10. The first-order valence-corrected chi connectivity index (χ1v) is 10.1. The van der Waals surface area contributed by atoms with Crippen LogP contribution in [0.25, 0.3) is 0 Å². The molecule has 0 bridgehead atoms. The lowest BCUT2D eigenvalue weighted by Gasteiger charge is -2.35. The molecule has 2 atom stereocenters. The maximum absolute atomic E-state index is 11.1. The monoisotopic (exact) mass is 336 g/mol. The lowest BCUT2D eigenvalue weighted by atomic mass is 9.92. The van der Waals surface area contributed by atoms with Crippen molar-refractivity contribution in [2.45, 2.75) is 46.0 Å². The van der Waals surface area contributed by atoms with Crippen LogP contribution >= 0.6 is 7.60 Å². The Labute approximate surface area is 133 Å². The molecule has 0 aromatic heterocycles. The Bertz CT molecular complexity index is 397. The largest absolute Gasteiger partial charge is 0.481 e. The van der Waals surface area contributed by atoms with Crippen LogP contribution in [0.2, 0.25) is 0 Å². The van der Waals surface area contributed by atoms with Crippen molar-refractivity contribution in [2.75, 3.05) is 32.3 Å². The van der Waals surface area contributed by atoms with Gasteiger partial charge in [0.25, 0.3) is 0 Å². The fourth-order valence-corrected chi connectivity index (χ4v) is 4.50. The standard InChI is InChI=1S/C15H30NO5P/c1-3-13-11-16(12-14(13)4-2,8-5-7-15(17)18)9-6-10-22(19,20)21/h13-14H,3-12H2,1-2H3,(H2-,17,18,19,20,21)/p+1. The fraction of sp³-hybridized carbons (Fsp3) is 0.933. The molecule has 7 heteroatoms. The van der Waals surface area contributed by atoms with Crippen LogP contribution in [0, 0.1) is 11.8 Å². The molecule has 1 saturated heterocycles. The first-order valence-electron chi connectivity index (χ1n) is 8.33. The molecule has 6 nitrogen and oxygen atoms in total. The summed E-state index contributed by atoms with van der Waals surface area (Å²) < 4.78 is 11.9. The summed E-state index contributed by atoms with van der Waals surface area (Å²) in [5.74, 6) is 0.515. The van der Waals surface area contributed by atoms with Crippen molar-refractivity contribution in [3.05, 3.63) is 0 Å². The molecule has 0 radical (unpaired) electrons. The first kappa shape index (κ1) is 19.6. The summed E-state index contributed by atoms with van der Waals surface area (Å²) in [5, 5.41) is 8.84. The molecule has 0 aromatic rings. The second-order valence-corrected chi connectivity index (χ2v) is 8.51. The van der Waals surface area contributed by atoms with E-state index in [0.717, 1.165) is 43.5 Å². The summed E-state index contributed by atoms with van der Waals surface area (Å²) >= 11 is 0. The number of likely N-dealkylation sites (tertiary alicyclic amines) is 1. The van der Waals surface area contributed by atoms with E-state index >= 15 is 0 Å². The van der Waals surface area contributed by atoms with Crippen LogP contribution in [0.4, 0.5) is 0 Å². The second-order valence-electron chi connectivity index (χ2n) is 6.73. The number of hydrogen-bond donors (Lipinski definition) is 3. The average molecular weight is 336 g/mol. The first-order chi connectivity index (χ1) is 10.2. The number of carbonyl (C=O) groups is 1. The number of quaternary nitrogens is 1. The molecule has 0 spiro atoms. The van der Waals surface area contributed by atoms with Crippen molar-refractivity contribution in [3.8, 4) is 0 Å². The normalized spacial score (nSPS) is 28.9. The number of carboxylic acid groups (broad SMARTS) is 1. The SMILES string of the molecule is CCC1C[N+](CCCC(=O)O)(CCCP(=O)(O)O)CC1CC. The summed E-state index contributed by atoms with van der Waals surface area (Å²) in [4.78, 5) is 28.8. The van der Waals surface area contributed by atoms with Gasteiger partial charge in [0.15, 0.2) is 0 Å². The van der Waals surface area contributed by atoms with E-state index in [0.29, 0.717) is 24.7 Å². The van der Waals surface area contributed by atoms with E-state index in [1.807, 2.05) is 0 Å². The van der Waals surface area contributed by atoms with E-state index in [2.05, 4.69) is 13.8 Å². The van der Waals surface area contributed by atoms with Crippen LogP contribution in [-0.2, 0) is 9.36 Å². The van der Waals surface area contributed by atoms with Gasteiger partial charge in [-0.25, -0.2) is 0 Å². The second kappa shape index (κ2) is 8.44. The van der Waals surface area contributed by atoms with Crippen molar-refractivity contribution >= 4 is 13.6 Å². The molecule has 2 unspecified atom stereocenters. The van der Waals surface area contributed by atoms with Crippen LogP contribution < -0.4 is 0 Å². The van der Waals surface area contributed by atoms with Gasteiger partial charge in [0.05, 0.1) is 38.8 Å². The number of hydrogen-bond acceptors (Lipinski definition) is 2. The molecule has 1 fully saturated rings. The molecule has 3 N–H and O–H groups in total. The van der Waals surface area contributed by atoms with Gasteiger partial charge < -0.3 is 19.4 Å². The lowest BCUT2D eigenvalue weighted by Crippen LogP contribution is -2.48. The predicted molar refractivity (Wildman–Crippen MR) is 85.7 cm³/mol. The predicted octanol–water partition coefficient (Wildman–Crippen LogP) is 2.30. The topological polar surface area (TPSA) is 94.8 Å². The molecule has 0 aliphatic carbocycles. The molecular formula is C15H31NO5P+. The number of nitrogens with zero attached hydrogens (tertiary/aromatic N) is 1. The Hall–Kier alpha value is -0.420. The summed E-state index contributed by atoms with van der Waals surface area (Å²) in [6, 6.07) is 0. The summed E-state index contributed by atoms with van der Waals surface area (Å²) in [7, 11) is -3.94.